The van der Waals surface area contributed by atoms with Gasteiger partial charge in [0.1, 0.15) is 5.75 Å². The molecule has 3 nitrogen and oxygen atoms in total. The quantitative estimate of drug-likeness (QED) is 0.836. The molecule has 0 spiro atoms. The lowest BCUT2D eigenvalue weighted by molar-refractivity contribution is 0.224. The molecule has 2 bridgehead atoms. The van der Waals surface area contributed by atoms with Gasteiger partial charge in [0.2, 0.25) is 0 Å². The maximum Gasteiger partial charge on any atom is 0.262 e. The first kappa shape index (κ1) is 17.4. The van der Waals surface area contributed by atoms with E-state index in [0.717, 1.165) is 42.6 Å². The molecular weight excluding hydrogens is 322 g/mol. The molecule has 0 aliphatic heterocycles. The van der Waals surface area contributed by atoms with E-state index in [0.29, 0.717) is 17.9 Å². The van der Waals surface area contributed by atoms with Gasteiger partial charge < -0.3 is 5.11 Å². The van der Waals surface area contributed by atoms with Crippen LogP contribution in [0.2, 0.25) is 0 Å². The Hall–Kier alpha value is -2.03. The minimum Gasteiger partial charge on any atom is -0.507 e. The first-order chi connectivity index (χ1) is 12.3. The molecule has 2 aliphatic carbocycles. The summed E-state index contributed by atoms with van der Waals surface area (Å²) in [6.45, 7) is 9.00. The first-order valence-corrected chi connectivity index (χ1v) is 9.91. The highest BCUT2D eigenvalue weighted by Crippen LogP contribution is 2.69. The summed E-state index contributed by atoms with van der Waals surface area (Å²) in [4.78, 5) is 13.5. The van der Waals surface area contributed by atoms with E-state index in [1.165, 1.54) is 0 Å². The van der Waals surface area contributed by atoms with E-state index in [4.69, 9.17) is 0 Å². The van der Waals surface area contributed by atoms with Crippen molar-refractivity contribution in [3.8, 4) is 11.4 Å². The fourth-order valence-corrected chi connectivity index (χ4v) is 5.44. The van der Waals surface area contributed by atoms with E-state index in [1.54, 1.807) is 0 Å². The van der Waals surface area contributed by atoms with Crippen molar-refractivity contribution in [2.75, 3.05) is 0 Å². The Morgan fingerprint density at radius 2 is 1.88 bits per heavy atom. The number of hydrogen-bond acceptors (Lipinski definition) is 2. The van der Waals surface area contributed by atoms with Crippen LogP contribution in [-0.4, -0.2) is 9.67 Å². The van der Waals surface area contributed by atoms with Crippen molar-refractivity contribution >= 4 is 0 Å². The van der Waals surface area contributed by atoms with Crippen LogP contribution < -0.4 is 5.56 Å². The summed E-state index contributed by atoms with van der Waals surface area (Å²) in [5, 5.41) is 11.1. The maximum absolute atomic E-state index is 13.5. The summed E-state index contributed by atoms with van der Waals surface area (Å²) < 4.78 is 1.92. The molecule has 0 amide bonds. The lowest BCUT2D eigenvalue weighted by Gasteiger charge is -2.36. The molecule has 2 aliphatic rings. The first-order valence-electron chi connectivity index (χ1n) is 9.91. The Bertz CT molecular complexity index is 910. The van der Waals surface area contributed by atoms with Gasteiger partial charge in [0.15, 0.2) is 0 Å². The Morgan fingerprint density at radius 1 is 1.19 bits per heavy atom. The van der Waals surface area contributed by atoms with Crippen molar-refractivity contribution in [2.24, 2.45) is 5.41 Å². The predicted molar refractivity (Wildman–Crippen MR) is 105 cm³/mol. The monoisotopic (exact) mass is 351 g/mol. The van der Waals surface area contributed by atoms with Crippen LogP contribution in [0.3, 0.4) is 0 Å². The summed E-state index contributed by atoms with van der Waals surface area (Å²) in [6.07, 6.45) is 4.72. The van der Waals surface area contributed by atoms with Crippen LogP contribution in [0.15, 0.2) is 35.1 Å². The summed E-state index contributed by atoms with van der Waals surface area (Å²) in [7, 11) is 0. The second-order valence-electron chi connectivity index (χ2n) is 8.81. The second-order valence-corrected chi connectivity index (χ2v) is 8.81. The van der Waals surface area contributed by atoms with Crippen molar-refractivity contribution in [3.05, 3.63) is 57.5 Å². The highest BCUT2D eigenvalue weighted by molar-refractivity contribution is 5.58. The zero-order valence-corrected chi connectivity index (χ0v) is 16.3. The Morgan fingerprint density at radius 3 is 2.54 bits per heavy atom. The molecule has 0 saturated heterocycles. The van der Waals surface area contributed by atoms with Gasteiger partial charge in [-0.15, -0.1) is 0 Å². The van der Waals surface area contributed by atoms with Crippen molar-refractivity contribution in [1.82, 2.24) is 4.57 Å². The maximum atomic E-state index is 13.5. The van der Waals surface area contributed by atoms with E-state index >= 15 is 0 Å². The van der Waals surface area contributed by atoms with Gasteiger partial charge in [-0.05, 0) is 49.1 Å². The van der Waals surface area contributed by atoms with Crippen LogP contribution in [0.5, 0.6) is 5.75 Å². The SMILES string of the molecule is CCCCc1c(O)c2c(n(-c3ccccc3)c1=O)[C@]1(C)CC[C@H]2C1(C)C. The minimum absolute atomic E-state index is 0.0366. The predicted octanol–water partition coefficient (Wildman–Crippen LogP) is 5.06. The van der Waals surface area contributed by atoms with Gasteiger partial charge in [-0.25, -0.2) is 0 Å². The summed E-state index contributed by atoms with van der Waals surface area (Å²) in [5.74, 6) is 0.602. The number of pyridine rings is 1. The number of para-hydroxylation sites is 1. The lowest BCUT2D eigenvalue weighted by atomic mass is 9.70. The average molecular weight is 351 g/mol. The molecule has 1 aromatic heterocycles. The van der Waals surface area contributed by atoms with Gasteiger partial charge in [-0.3, -0.25) is 9.36 Å². The Kier molecular flexibility index (Phi) is 3.83. The largest absolute Gasteiger partial charge is 0.507 e. The third-order valence-electron chi connectivity index (χ3n) is 7.37. The van der Waals surface area contributed by atoms with E-state index in [9.17, 15) is 9.90 Å². The highest BCUT2D eigenvalue weighted by Gasteiger charge is 2.62. The van der Waals surface area contributed by atoms with Gasteiger partial charge in [-0.2, -0.15) is 0 Å². The minimum atomic E-state index is -0.0945. The summed E-state index contributed by atoms with van der Waals surface area (Å²) >= 11 is 0. The van der Waals surface area contributed by atoms with Crippen LogP contribution in [0.1, 0.15) is 76.1 Å². The van der Waals surface area contributed by atoms with Crippen LogP contribution in [0, 0.1) is 5.41 Å². The smallest absolute Gasteiger partial charge is 0.262 e. The molecule has 2 atom stereocenters. The fourth-order valence-electron chi connectivity index (χ4n) is 5.44. The molecule has 0 radical (unpaired) electrons. The van der Waals surface area contributed by atoms with E-state index in [-0.39, 0.29) is 22.1 Å². The number of rotatable bonds is 4. The molecule has 2 aromatic rings. The molecule has 1 fully saturated rings. The Labute approximate surface area is 155 Å². The van der Waals surface area contributed by atoms with E-state index < -0.39 is 0 Å². The van der Waals surface area contributed by atoms with E-state index in [2.05, 4.69) is 27.7 Å². The number of fused-ring (bicyclic) bond motifs is 5. The number of nitrogens with zero attached hydrogens (tertiary/aromatic N) is 1. The molecule has 1 N–H and O–H groups in total. The molecule has 3 heteroatoms. The van der Waals surface area contributed by atoms with Crippen LogP contribution in [0.25, 0.3) is 5.69 Å². The standard InChI is InChI=1S/C23H29NO2/c1-5-6-12-16-19(25)18-17-13-14-23(4,22(17,2)3)20(18)24(21(16)26)15-10-8-7-9-11-15/h7-11,17,25H,5-6,12-14H2,1-4H3/t17-,23+/m1/s1. The molecule has 1 heterocycles. The van der Waals surface area contributed by atoms with Crippen molar-refractivity contribution in [3.63, 3.8) is 0 Å². The van der Waals surface area contributed by atoms with Crippen LogP contribution in [-0.2, 0) is 11.8 Å². The second kappa shape index (κ2) is 5.73. The number of unbranched alkanes of at least 4 members (excludes halogenated alkanes) is 1. The van der Waals surface area contributed by atoms with Gasteiger partial charge in [0.25, 0.3) is 5.56 Å². The molecule has 1 saturated carbocycles. The van der Waals surface area contributed by atoms with Crippen molar-refractivity contribution < 1.29 is 5.11 Å². The molecule has 26 heavy (non-hydrogen) atoms. The normalized spacial score (nSPS) is 25.5. The zero-order chi connectivity index (χ0) is 18.7. The summed E-state index contributed by atoms with van der Waals surface area (Å²) in [6, 6.07) is 9.95. The van der Waals surface area contributed by atoms with Crippen molar-refractivity contribution in [1.29, 1.82) is 0 Å². The zero-order valence-electron chi connectivity index (χ0n) is 16.3. The van der Waals surface area contributed by atoms with Gasteiger partial charge in [0.05, 0.1) is 5.56 Å². The van der Waals surface area contributed by atoms with Crippen LogP contribution in [0.4, 0.5) is 0 Å². The highest BCUT2D eigenvalue weighted by atomic mass is 16.3. The van der Waals surface area contributed by atoms with Crippen LogP contribution >= 0.6 is 0 Å². The molecule has 4 rings (SSSR count). The number of hydrogen-bond donors (Lipinski definition) is 1. The van der Waals surface area contributed by atoms with Gasteiger partial charge in [0, 0.05) is 22.4 Å². The molecule has 0 unspecified atom stereocenters. The number of aromatic nitrogens is 1. The Balaban J connectivity index is 2.09. The van der Waals surface area contributed by atoms with Gasteiger partial charge >= 0.3 is 0 Å². The average Bonchev–Trinajstić information content (AvgIpc) is 2.95. The lowest BCUT2D eigenvalue weighted by Crippen LogP contribution is -2.37. The fraction of sp³-hybridized carbons (Fsp3) is 0.522. The van der Waals surface area contributed by atoms with Gasteiger partial charge in [-0.1, -0.05) is 52.3 Å². The molecule has 138 valence electrons. The molecular formula is C23H29NO2. The third kappa shape index (κ3) is 2.03. The number of benzene rings is 1. The van der Waals surface area contributed by atoms with E-state index in [1.807, 2.05) is 34.9 Å². The third-order valence-corrected chi connectivity index (χ3v) is 7.37. The topological polar surface area (TPSA) is 42.2 Å². The summed E-state index contributed by atoms with van der Waals surface area (Å²) in [5.41, 5.74) is 3.51. The molecule has 1 aromatic carbocycles. The van der Waals surface area contributed by atoms with Crippen molar-refractivity contribution in [2.45, 2.75) is 71.1 Å². The number of aromatic hydroxyl groups is 1.